The number of pyridine rings is 1. The number of hydrogen-bond donors (Lipinski definition) is 0. The maximum absolute atomic E-state index is 10.6. The van der Waals surface area contributed by atoms with Crippen molar-refractivity contribution in [1.82, 2.24) is 14.8 Å². The van der Waals surface area contributed by atoms with E-state index >= 15 is 0 Å². The predicted octanol–water partition coefficient (Wildman–Crippen LogP) is 0.781. The molecule has 0 unspecified atom stereocenters. The van der Waals surface area contributed by atoms with E-state index in [1.54, 1.807) is 24.1 Å². The highest BCUT2D eigenvalue weighted by Gasteiger charge is 2.04. The molecule has 2 aromatic rings. The lowest BCUT2D eigenvalue weighted by Crippen LogP contribution is -1.95. The van der Waals surface area contributed by atoms with E-state index in [1.165, 1.54) is 0 Å². The second-order valence-electron chi connectivity index (χ2n) is 2.52. The van der Waals surface area contributed by atoms with E-state index in [1.807, 2.05) is 6.07 Å². The summed E-state index contributed by atoms with van der Waals surface area (Å²) in [4.78, 5) is 14.5. The van der Waals surface area contributed by atoms with Gasteiger partial charge in [-0.1, -0.05) is 0 Å². The zero-order valence-electron chi connectivity index (χ0n) is 6.56. The summed E-state index contributed by atoms with van der Waals surface area (Å²) in [5, 5.41) is 4.96. The minimum atomic E-state index is 0.438. The highest BCUT2D eigenvalue weighted by atomic mass is 16.1. The molecule has 2 rings (SSSR count). The van der Waals surface area contributed by atoms with Gasteiger partial charge in [0.25, 0.3) is 0 Å². The monoisotopic (exact) mass is 161 g/mol. The molecular weight excluding hydrogens is 154 g/mol. The molecule has 0 aliphatic carbocycles. The number of aromatic nitrogens is 3. The van der Waals surface area contributed by atoms with Crippen LogP contribution in [0.25, 0.3) is 10.9 Å². The molecule has 0 fully saturated rings. The first kappa shape index (κ1) is 6.97. The Kier molecular flexibility index (Phi) is 1.40. The lowest BCUT2D eigenvalue weighted by Gasteiger charge is -1.95. The first-order valence-electron chi connectivity index (χ1n) is 3.55. The molecule has 2 aromatic heterocycles. The standard InChI is InChI=1S/C8H7N3O/c1-11-8-6(4-10-11)2-3-9-7(8)5-12/h2-5H,1H3. The molecule has 0 saturated carbocycles. The molecule has 4 heteroatoms. The number of hydrogen-bond acceptors (Lipinski definition) is 3. The molecule has 4 nitrogen and oxygen atoms in total. The summed E-state index contributed by atoms with van der Waals surface area (Å²) in [6.45, 7) is 0. The Labute approximate surface area is 68.8 Å². The summed E-state index contributed by atoms with van der Waals surface area (Å²) in [5.74, 6) is 0. The van der Waals surface area contributed by atoms with Crippen LogP contribution in [0.2, 0.25) is 0 Å². The van der Waals surface area contributed by atoms with Gasteiger partial charge in [-0.2, -0.15) is 5.10 Å². The Morgan fingerprint density at radius 3 is 3.17 bits per heavy atom. The molecule has 0 atom stereocenters. The van der Waals surface area contributed by atoms with Crippen LogP contribution >= 0.6 is 0 Å². The van der Waals surface area contributed by atoms with E-state index in [-0.39, 0.29) is 0 Å². The summed E-state index contributed by atoms with van der Waals surface area (Å²) < 4.78 is 1.64. The highest BCUT2D eigenvalue weighted by Crippen LogP contribution is 2.13. The average molecular weight is 161 g/mol. The average Bonchev–Trinajstić information content (AvgIpc) is 2.48. The molecule has 0 saturated heterocycles. The van der Waals surface area contributed by atoms with Crippen LogP contribution in [0.1, 0.15) is 10.5 Å². The van der Waals surface area contributed by atoms with Crippen molar-refractivity contribution in [3.63, 3.8) is 0 Å². The minimum Gasteiger partial charge on any atom is -0.296 e. The molecule has 0 N–H and O–H groups in total. The van der Waals surface area contributed by atoms with Crippen LogP contribution in [0.4, 0.5) is 0 Å². The summed E-state index contributed by atoms with van der Waals surface area (Å²) in [6.07, 6.45) is 4.06. The van der Waals surface area contributed by atoms with Crippen LogP contribution in [-0.2, 0) is 7.05 Å². The third kappa shape index (κ3) is 0.812. The molecule has 0 spiro atoms. The van der Waals surface area contributed by atoms with Crippen molar-refractivity contribution in [3.05, 3.63) is 24.2 Å². The summed E-state index contributed by atoms with van der Waals surface area (Å²) in [5.41, 5.74) is 1.22. The van der Waals surface area contributed by atoms with Crippen molar-refractivity contribution in [3.8, 4) is 0 Å². The maximum atomic E-state index is 10.6. The third-order valence-corrected chi connectivity index (χ3v) is 1.79. The Balaban J connectivity index is 2.93. The fourth-order valence-corrected chi connectivity index (χ4v) is 1.24. The van der Waals surface area contributed by atoms with E-state index in [0.717, 1.165) is 17.2 Å². The van der Waals surface area contributed by atoms with Gasteiger partial charge in [0.15, 0.2) is 6.29 Å². The van der Waals surface area contributed by atoms with Gasteiger partial charge in [-0.05, 0) is 6.07 Å². The number of carbonyl (C=O) groups excluding carboxylic acids is 1. The van der Waals surface area contributed by atoms with Gasteiger partial charge < -0.3 is 0 Å². The quantitative estimate of drug-likeness (QED) is 0.580. The first-order valence-corrected chi connectivity index (χ1v) is 3.55. The Bertz CT molecular complexity index is 433. The lowest BCUT2D eigenvalue weighted by molar-refractivity contribution is 0.112. The molecule has 0 radical (unpaired) electrons. The number of rotatable bonds is 1. The topological polar surface area (TPSA) is 47.8 Å². The molecule has 0 bridgehead atoms. The molecule has 0 amide bonds. The normalized spacial score (nSPS) is 10.4. The molecule has 0 aliphatic heterocycles. The zero-order chi connectivity index (χ0) is 8.55. The zero-order valence-corrected chi connectivity index (χ0v) is 6.56. The van der Waals surface area contributed by atoms with Crippen molar-refractivity contribution < 1.29 is 4.79 Å². The van der Waals surface area contributed by atoms with E-state index in [4.69, 9.17) is 0 Å². The third-order valence-electron chi connectivity index (χ3n) is 1.79. The van der Waals surface area contributed by atoms with Gasteiger partial charge >= 0.3 is 0 Å². The minimum absolute atomic E-state index is 0.438. The van der Waals surface area contributed by atoms with Crippen LogP contribution in [0.5, 0.6) is 0 Å². The molecule has 2 heterocycles. The Hall–Kier alpha value is -1.71. The van der Waals surface area contributed by atoms with E-state index in [9.17, 15) is 4.79 Å². The first-order chi connectivity index (χ1) is 5.83. The van der Waals surface area contributed by atoms with E-state index in [0.29, 0.717) is 5.69 Å². The van der Waals surface area contributed by atoms with Gasteiger partial charge in [-0.25, -0.2) is 0 Å². The second-order valence-corrected chi connectivity index (χ2v) is 2.52. The summed E-state index contributed by atoms with van der Waals surface area (Å²) in [6, 6.07) is 1.83. The van der Waals surface area contributed by atoms with Gasteiger partial charge in [0.1, 0.15) is 5.69 Å². The fraction of sp³-hybridized carbons (Fsp3) is 0.125. The number of fused-ring (bicyclic) bond motifs is 1. The van der Waals surface area contributed by atoms with Gasteiger partial charge in [-0.15, -0.1) is 0 Å². The molecule has 60 valence electrons. The fourth-order valence-electron chi connectivity index (χ4n) is 1.24. The van der Waals surface area contributed by atoms with E-state index in [2.05, 4.69) is 10.1 Å². The molecular formula is C8H7N3O. The van der Waals surface area contributed by atoms with Crippen LogP contribution in [-0.4, -0.2) is 21.1 Å². The summed E-state index contributed by atoms with van der Waals surface area (Å²) in [7, 11) is 1.79. The smallest absolute Gasteiger partial charge is 0.170 e. The van der Waals surface area contributed by atoms with Gasteiger partial charge in [0.05, 0.1) is 11.7 Å². The van der Waals surface area contributed by atoms with Crippen LogP contribution in [0.3, 0.4) is 0 Å². The second kappa shape index (κ2) is 2.41. The Morgan fingerprint density at radius 1 is 1.58 bits per heavy atom. The van der Waals surface area contributed by atoms with Gasteiger partial charge in [-0.3, -0.25) is 14.5 Å². The molecule has 0 aliphatic rings. The van der Waals surface area contributed by atoms with Crippen molar-refractivity contribution in [1.29, 1.82) is 0 Å². The van der Waals surface area contributed by atoms with Crippen molar-refractivity contribution in [2.45, 2.75) is 0 Å². The van der Waals surface area contributed by atoms with Crippen molar-refractivity contribution in [2.75, 3.05) is 0 Å². The van der Waals surface area contributed by atoms with Crippen LogP contribution < -0.4 is 0 Å². The lowest BCUT2D eigenvalue weighted by atomic mass is 10.3. The number of aldehydes is 1. The SMILES string of the molecule is Cn1ncc2ccnc(C=O)c21. The van der Waals surface area contributed by atoms with Gasteiger partial charge in [0.2, 0.25) is 0 Å². The predicted molar refractivity (Wildman–Crippen MR) is 43.9 cm³/mol. The number of aryl methyl sites for hydroxylation is 1. The highest BCUT2D eigenvalue weighted by molar-refractivity contribution is 5.93. The van der Waals surface area contributed by atoms with Crippen LogP contribution in [0.15, 0.2) is 18.5 Å². The number of nitrogens with zero attached hydrogens (tertiary/aromatic N) is 3. The largest absolute Gasteiger partial charge is 0.296 e. The number of carbonyl (C=O) groups is 1. The molecule has 12 heavy (non-hydrogen) atoms. The molecule has 0 aromatic carbocycles. The van der Waals surface area contributed by atoms with E-state index < -0.39 is 0 Å². The van der Waals surface area contributed by atoms with Crippen LogP contribution in [0, 0.1) is 0 Å². The Morgan fingerprint density at radius 2 is 2.42 bits per heavy atom. The van der Waals surface area contributed by atoms with Gasteiger partial charge in [0, 0.05) is 18.6 Å². The maximum Gasteiger partial charge on any atom is 0.170 e. The summed E-state index contributed by atoms with van der Waals surface area (Å²) >= 11 is 0. The van der Waals surface area contributed by atoms with Crippen molar-refractivity contribution >= 4 is 17.2 Å². The van der Waals surface area contributed by atoms with Crippen molar-refractivity contribution in [2.24, 2.45) is 7.05 Å².